The fraction of sp³-hybridized carbons (Fsp3) is 0.214. The van der Waals surface area contributed by atoms with Crippen LogP contribution in [0.25, 0.3) is 0 Å². The van der Waals surface area contributed by atoms with E-state index in [1.807, 2.05) is 6.92 Å². The van der Waals surface area contributed by atoms with Gasteiger partial charge in [0.05, 0.1) is 5.69 Å². The zero-order valence-corrected chi connectivity index (χ0v) is 12.4. The summed E-state index contributed by atoms with van der Waals surface area (Å²) >= 11 is 1.29. The first-order chi connectivity index (χ1) is 9.95. The van der Waals surface area contributed by atoms with E-state index in [0.717, 1.165) is 5.56 Å². The van der Waals surface area contributed by atoms with E-state index in [4.69, 9.17) is 9.84 Å². The van der Waals surface area contributed by atoms with Gasteiger partial charge in [-0.2, -0.15) is 0 Å². The molecule has 6 nitrogen and oxygen atoms in total. The fourth-order valence-corrected chi connectivity index (χ4v) is 2.40. The van der Waals surface area contributed by atoms with Crippen LogP contribution in [0.2, 0.25) is 0 Å². The van der Waals surface area contributed by atoms with Crippen molar-refractivity contribution in [1.29, 1.82) is 0 Å². The molecule has 0 fully saturated rings. The van der Waals surface area contributed by atoms with Crippen LogP contribution >= 0.6 is 11.3 Å². The number of carboxylic acid groups (broad SMARTS) is 1. The van der Waals surface area contributed by atoms with Crippen LogP contribution in [-0.2, 0) is 11.4 Å². The zero-order chi connectivity index (χ0) is 15.4. The van der Waals surface area contributed by atoms with Crippen molar-refractivity contribution in [2.24, 2.45) is 0 Å². The third-order valence-corrected chi connectivity index (χ3v) is 3.38. The lowest BCUT2D eigenvalue weighted by molar-refractivity contribution is -0.114. The molecule has 0 saturated carbocycles. The number of aromatic carboxylic acids is 1. The van der Waals surface area contributed by atoms with Crippen molar-refractivity contribution in [2.45, 2.75) is 20.5 Å². The Morgan fingerprint density at radius 2 is 2.19 bits per heavy atom. The van der Waals surface area contributed by atoms with Gasteiger partial charge in [-0.1, -0.05) is 6.07 Å². The van der Waals surface area contributed by atoms with Crippen LogP contribution in [-0.4, -0.2) is 22.0 Å². The number of hydrogen-bond acceptors (Lipinski definition) is 5. The standard InChI is InChI=1S/C14H14N2O4S/c1-8-3-4-11(13(18)19)12(5-8)20-6-10-7-21-14(16-10)15-9(2)17/h3-5,7H,6H2,1-2H3,(H,18,19)(H,15,16,17). The second-order valence-electron chi connectivity index (χ2n) is 4.42. The van der Waals surface area contributed by atoms with Gasteiger partial charge in [-0.15, -0.1) is 11.3 Å². The molecule has 0 unspecified atom stereocenters. The third-order valence-electron chi connectivity index (χ3n) is 2.58. The molecule has 110 valence electrons. The maximum absolute atomic E-state index is 11.1. The van der Waals surface area contributed by atoms with E-state index in [2.05, 4.69) is 10.3 Å². The van der Waals surface area contributed by atoms with Gasteiger partial charge in [0.15, 0.2) is 5.13 Å². The number of aryl methyl sites for hydroxylation is 1. The van der Waals surface area contributed by atoms with E-state index in [1.54, 1.807) is 17.5 Å². The highest BCUT2D eigenvalue weighted by atomic mass is 32.1. The summed E-state index contributed by atoms with van der Waals surface area (Å²) in [6.07, 6.45) is 0. The Labute approximate surface area is 125 Å². The molecule has 0 atom stereocenters. The monoisotopic (exact) mass is 306 g/mol. The molecular formula is C14H14N2O4S. The summed E-state index contributed by atoms with van der Waals surface area (Å²) in [5.41, 5.74) is 1.65. The minimum absolute atomic E-state index is 0.109. The van der Waals surface area contributed by atoms with Gasteiger partial charge < -0.3 is 15.2 Å². The van der Waals surface area contributed by atoms with E-state index in [-0.39, 0.29) is 18.1 Å². The van der Waals surface area contributed by atoms with E-state index in [0.29, 0.717) is 16.6 Å². The smallest absolute Gasteiger partial charge is 0.339 e. The Hall–Kier alpha value is -2.41. The van der Waals surface area contributed by atoms with E-state index >= 15 is 0 Å². The average molecular weight is 306 g/mol. The molecule has 0 spiro atoms. The van der Waals surface area contributed by atoms with Crippen molar-refractivity contribution in [1.82, 2.24) is 4.98 Å². The Balaban J connectivity index is 2.09. The number of benzene rings is 1. The molecule has 0 aliphatic rings. The lowest BCUT2D eigenvalue weighted by atomic mass is 10.1. The second-order valence-corrected chi connectivity index (χ2v) is 5.28. The molecule has 0 saturated heterocycles. The van der Waals surface area contributed by atoms with Gasteiger partial charge in [-0.3, -0.25) is 4.79 Å². The lowest BCUT2D eigenvalue weighted by Crippen LogP contribution is -2.06. The Morgan fingerprint density at radius 3 is 2.86 bits per heavy atom. The van der Waals surface area contributed by atoms with Crippen LogP contribution in [0.15, 0.2) is 23.6 Å². The number of amides is 1. The molecule has 2 aromatic rings. The largest absolute Gasteiger partial charge is 0.486 e. The van der Waals surface area contributed by atoms with Crippen LogP contribution in [0, 0.1) is 6.92 Å². The van der Waals surface area contributed by atoms with Crippen LogP contribution in [0.1, 0.15) is 28.5 Å². The van der Waals surface area contributed by atoms with Crippen LogP contribution < -0.4 is 10.1 Å². The number of hydrogen-bond donors (Lipinski definition) is 2. The number of anilines is 1. The van der Waals surface area contributed by atoms with Crippen LogP contribution in [0.5, 0.6) is 5.75 Å². The summed E-state index contributed by atoms with van der Waals surface area (Å²) in [7, 11) is 0. The number of nitrogens with one attached hydrogen (secondary N) is 1. The number of carbonyl (C=O) groups excluding carboxylic acids is 1. The molecule has 1 aromatic carbocycles. The molecule has 0 aliphatic heterocycles. The van der Waals surface area contributed by atoms with Crippen molar-refractivity contribution in [3.63, 3.8) is 0 Å². The molecule has 1 aromatic heterocycles. The highest BCUT2D eigenvalue weighted by molar-refractivity contribution is 7.13. The first-order valence-corrected chi connectivity index (χ1v) is 7.02. The first-order valence-electron chi connectivity index (χ1n) is 6.14. The second kappa shape index (κ2) is 6.36. The van der Waals surface area contributed by atoms with E-state index < -0.39 is 5.97 Å². The quantitative estimate of drug-likeness (QED) is 0.886. The van der Waals surface area contributed by atoms with Gasteiger partial charge >= 0.3 is 5.97 Å². The van der Waals surface area contributed by atoms with Crippen molar-refractivity contribution in [3.8, 4) is 5.75 Å². The molecule has 1 heterocycles. The number of carboxylic acids is 1. The van der Waals surface area contributed by atoms with Gasteiger partial charge in [0.25, 0.3) is 0 Å². The SMILES string of the molecule is CC(=O)Nc1nc(COc2cc(C)ccc2C(=O)O)cs1. The summed E-state index contributed by atoms with van der Waals surface area (Å²) in [6.45, 7) is 3.40. The molecule has 0 radical (unpaired) electrons. The summed E-state index contributed by atoms with van der Waals surface area (Å²) in [4.78, 5) is 26.2. The molecule has 2 rings (SSSR count). The predicted octanol–water partition coefficient (Wildman–Crippen LogP) is 2.69. The molecular weight excluding hydrogens is 292 g/mol. The lowest BCUT2D eigenvalue weighted by Gasteiger charge is -2.08. The topological polar surface area (TPSA) is 88.5 Å². The number of ether oxygens (including phenoxy) is 1. The van der Waals surface area contributed by atoms with Crippen molar-refractivity contribution in [2.75, 3.05) is 5.32 Å². The highest BCUT2D eigenvalue weighted by Crippen LogP contribution is 2.22. The molecule has 7 heteroatoms. The van der Waals surface area contributed by atoms with Crippen LogP contribution in [0.4, 0.5) is 5.13 Å². The average Bonchev–Trinajstić information content (AvgIpc) is 2.82. The molecule has 2 N–H and O–H groups in total. The van der Waals surface area contributed by atoms with E-state index in [1.165, 1.54) is 24.3 Å². The van der Waals surface area contributed by atoms with E-state index in [9.17, 15) is 9.59 Å². The normalized spacial score (nSPS) is 10.2. The zero-order valence-electron chi connectivity index (χ0n) is 11.5. The van der Waals surface area contributed by atoms with Crippen LogP contribution in [0.3, 0.4) is 0 Å². The number of rotatable bonds is 5. The number of carbonyl (C=O) groups is 2. The van der Waals surface area contributed by atoms with Gasteiger partial charge in [-0.25, -0.2) is 9.78 Å². The first kappa shape index (κ1) is 15.0. The van der Waals surface area contributed by atoms with Gasteiger partial charge in [0.2, 0.25) is 5.91 Å². The summed E-state index contributed by atoms with van der Waals surface area (Å²) in [5.74, 6) is -0.928. The maximum Gasteiger partial charge on any atom is 0.339 e. The minimum atomic E-state index is -1.04. The van der Waals surface area contributed by atoms with Crippen molar-refractivity contribution in [3.05, 3.63) is 40.4 Å². The fourth-order valence-electron chi connectivity index (χ4n) is 1.66. The maximum atomic E-state index is 11.1. The molecule has 21 heavy (non-hydrogen) atoms. The Bertz CT molecular complexity index is 681. The third kappa shape index (κ3) is 4.03. The van der Waals surface area contributed by atoms with Gasteiger partial charge in [0, 0.05) is 12.3 Å². The summed E-state index contributed by atoms with van der Waals surface area (Å²) < 4.78 is 5.53. The number of thiazole rings is 1. The molecule has 1 amide bonds. The Kier molecular flexibility index (Phi) is 4.54. The Morgan fingerprint density at radius 1 is 1.43 bits per heavy atom. The minimum Gasteiger partial charge on any atom is -0.486 e. The van der Waals surface area contributed by atoms with Gasteiger partial charge in [-0.05, 0) is 24.6 Å². The molecule has 0 aliphatic carbocycles. The number of nitrogens with zero attached hydrogens (tertiary/aromatic N) is 1. The molecule has 0 bridgehead atoms. The number of aromatic nitrogens is 1. The summed E-state index contributed by atoms with van der Waals surface area (Å²) in [5, 5.41) is 13.9. The highest BCUT2D eigenvalue weighted by Gasteiger charge is 2.12. The summed E-state index contributed by atoms with van der Waals surface area (Å²) in [6, 6.07) is 4.90. The van der Waals surface area contributed by atoms with Crippen molar-refractivity contribution >= 4 is 28.3 Å². The van der Waals surface area contributed by atoms with Crippen molar-refractivity contribution < 1.29 is 19.4 Å². The predicted molar refractivity (Wildman–Crippen MR) is 78.9 cm³/mol. The van der Waals surface area contributed by atoms with Gasteiger partial charge in [0.1, 0.15) is 17.9 Å².